The quantitative estimate of drug-likeness (QED) is 0.587. The molecule has 2 aromatic rings. The van der Waals surface area contributed by atoms with E-state index in [1.807, 2.05) is 36.4 Å². The van der Waals surface area contributed by atoms with E-state index >= 15 is 0 Å². The van der Waals surface area contributed by atoms with E-state index in [0.29, 0.717) is 43.9 Å². The summed E-state index contributed by atoms with van der Waals surface area (Å²) in [7, 11) is 0. The lowest BCUT2D eigenvalue weighted by Crippen LogP contribution is -2.51. The second kappa shape index (κ2) is 10.5. The van der Waals surface area contributed by atoms with Gasteiger partial charge in [-0.3, -0.25) is 14.6 Å². The Morgan fingerprint density at radius 1 is 1.27 bits per heavy atom. The molecule has 160 valence electrons. The lowest BCUT2D eigenvalue weighted by atomic mass is 10.0. The number of carbonyl (C=O) groups is 2. The van der Waals surface area contributed by atoms with Crippen molar-refractivity contribution in [1.82, 2.24) is 15.2 Å². The van der Waals surface area contributed by atoms with Gasteiger partial charge in [-0.1, -0.05) is 23.7 Å². The average molecular weight is 430 g/mol. The highest BCUT2D eigenvalue weighted by molar-refractivity contribution is 6.30. The van der Waals surface area contributed by atoms with Crippen molar-refractivity contribution in [2.24, 2.45) is 11.5 Å². The highest BCUT2D eigenvalue weighted by Gasteiger charge is 2.36. The molecule has 0 saturated carbocycles. The van der Waals surface area contributed by atoms with Crippen molar-refractivity contribution in [3.8, 4) is 0 Å². The molecule has 30 heavy (non-hydrogen) atoms. The third kappa shape index (κ3) is 5.56. The second-order valence-electron chi connectivity index (χ2n) is 7.49. The van der Waals surface area contributed by atoms with Crippen LogP contribution in [-0.2, 0) is 29.0 Å². The van der Waals surface area contributed by atoms with E-state index in [9.17, 15) is 9.59 Å². The zero-order valence-corrected chi connectivity index (χ0v) is 17.6. The molecule has 2 heterocycles. The maximum atomic E-state index is 12.9. The molecule has 1 fully saturated rings. The average Bonchev–Trinajstić information content (AvgIpc) is 3.24. The number of carbonyl (C=O) groups excluding carboxylic acids is 2. The minimum absolute atomic E-state index is 0.176. The number of pyridine rings is 1. The van der Waals surface area contributed by atoms with Gasteiger partial charge in [-0.15, -0.1) is 0 Å². The van der Waals surface area contributed by atoms with Crippen LogP contribution in [0.1, 0.15) is 29.7 Å². The van der Waals surface area contributed by atoms with Gasteiger partial charge in [0.25, 0.3) is 0 Å². The Labute approximate surface area is 181 Å². The molecular formula is C22H28ClN5O2. The Morgan fingerprint density at radius 2 is 2.10 bits per heavy atom. The highest BCUT2D eigenvalue weighted by Crippen LogP contribution is 2.20. The molecule has 3 rings (SSSR count). The Kier molecular flexibility index (Phi) is 7.79. The van der Waals surface area contributed by atoms with Crippen LogP contribution in [0.2, 0.25) is 5.02 Å². The lowest BCUT2D eigenvalue weighted by molar-refractivity contribution is -0.139. The van der Waals surface area contributed by atoms with Crippen molar-refractivity contribution in [2.45, 2.75) is 44.3 Å². The van der Waals surface area contributed by atoms with Gasteiger partial charge in [0.15, 0.2) is 0 Å². The van der Waals surface area contributed by atoms with Crippen molar-refractivity contribution in [3.63, 3.8) is 0 Å². The first-order valence-electron chi connectivity index (χ1n) is 10.2. The van der Waals surface area contributed by atoms with Crippen LogP contribution in [-0.4, -0.2) is 46.9 Å². The lowest BCUT2D eigenvalue weighted by Gasteiger charge is -2.26. The van der Waals surface area contributed by atoms with Gasteiger partial charge in [-0.05, 0) is 61.2 Å². The molecule has 1 aromatic carbocycles. The van der Waals surface area contributed by atoms with Crippen molar-refractivity contribution in [1.29, 1.82) is 0 Å². The van der Waals surface area contributed by atoms with Crippen molar-refractivity contribution >= 4 is 23.4 Å². The second-order valence-corrected chi connectivity index (χ2v) is 7.93. The number of hydrogen-bond donors (Lipinski definition) is 3. The van der Waals surface area contributed by atoms with E-state index in [1.165, 1.54) is 0 Å². The molecule has 1 aromatic heterocycles. The molecule has 1 saturated heterocycles. The summed E-state index contributed by atoms with van der Waals surface area (Å²) in [6.07, 6.45) is 4.12. The summed E-state index contributed by atoms with van der Waals surface area (Å²) in [6.45, 7) is 1.39. The van der Waals surface area contributed by atoms with Crippen LogP contribution < -0.4 is 16.8 Å². The number of rotatable bonds is 8. The fraction of sp³-hybridized carbons (Fsp3) is 0.409. The summed E-state index contributed by atoms with van der Waals surface area (Å²) < 4.78 is 0. The Hall–Kier alpha value is -2.48. The number of benzene rings is 1. The van der Waals surface area contributed by atoms with E-state index in [1.54, 1.807) is 11.1 Å². The SMILES string of the molecule is NCCc1ccc(Cl)cc1CNC(=O)[C@@H]1CCCN1C(=O)[C@H](N)Cc1ccccn1. The van der Waals surface area contributed by atoms with E-state index < -0.39 is 12.1 Å². The number of nitrogens with zero attached hydrogens (tertiary/aromatic N) is 2. The van der Waals surface area contributed by atoms with Crippen LogP contribution in [0.25, 0.3) is 0 Å². The third-order valence-corrected chi connectivity index (χ3v) is 5.58. The predicted octanol–water partition coefficient (Wildman–Crippen LogP) is 1.41. The molecular weight excluding hydrogens is 402 g/mol. The molecule has 1 aliphatic rings. The molecule has 2 amide bonds. The van der Waals surface area contributed by atoms with Gasteiger partial charge < -0.3 is 21.7 Å². The number of nitrogens with two attached hydrogens (primary N) is 2. The molecule has 0 aliphatic carbocycles. The van der Waals surface area contributed by atoms with Gasteiger partial charge in [-0.2, -0.15) is 0 Å². The van der Waals surface area contributed by atoms with Crippen molar-refractivity contribution in [3.05, 3.63) is 64.4 Å². The highest BCUT2D eigenvalue weighted by atomic mass is 35.5. The zero-order valence-electron chi connectivity index (χ0n) is 16.9. The van der Waals surface area contributed by atoms with Crippen LogP contribution in [0.5, 0.6) is 0 Å². The molecule has 0 bridgehead atoms. The van der Waals surface area contributed by atoms with Gasteiger partial charge >= 0.3 is 0 Å². The predicted molar refractivity (Wildman–Crippen MR) is 117 cm³/mol. The normalized spacial score (nSPS) is 17.0. The Balaban J connectivity index is 1.61. The van der Waals surface area contributed by atoms with Gasteiger partial charge in [0.1, 0.15) is 6.04 Å². The molecule has 0 unspecified atom stereocenters. The van der Waals surface area contributed by atoms with Crippen LogP contribution in [0.15, 0.2) is 42.6 Å². The maximum absolute atomic E-state index is 12.9. The van der Waals surface area contributed by atoms with E-state index in [2.05, 4.69) is 10.3 Å². The van der Waals surface area contributed by atoms with Crippen LogP contribution in [0, 0.1) is 0 Å². The summed E-state index contributed by atoms with van der Waals surface area (Å²) >= 11 is 6.11. The first-order chi connectivity index (χ1) is 14.5. The standard InChI is InChI=1S/C22H28ClN5O2/c23-17-7-6-15(8-9-24)16(12-17)14-27-21(29)20-5-3-11-28(20)22(30)19(25)13-18-4-1-2-10-26-18/h1-2,4,6-7,10,12,19-20H,3,5,8-9,11,13-14,24-25H2,(H,27,29)/t19-,20+/m1/s1. The fourth-order valence-corrected chi connectivity index (χ4v) is 4.00. The number of amides is 2. The minimum Gasteiger partial charge on any atom is -0.350 e. The molecule has 2 atom stereocenters. The van der Waals surface area contributed by atoms with E-state index in [4.69, 9.17) is 23.1 Å². The summed E-state index contributed by atoms with van der Waals surface area (Å²) in [4.78, 5) is 31.6. The number of hydrogen-bond acceptors (Lipinski definition) is 5. The van der Waals surface area contributed by atoms with Gasteiger partial charge in [0.05, 0.1) is 6.04 Å². The third-order valence-electron chi connectivity index (χ3n) is 5.35. The largest absolute Gasteiger partial charge is 0.350 e. The minimum atomic E-state index is -0.725. The van der Waals surface area contributed by atoms with Gasteiger partial charge in [-0.25, -0.2) is 0 Å². The summed E-state index contributed by atoms with van der Waals surface area (Å²) in [5, 5.41) is 3.56. The molecule has 5 N–H and O–H groups in total. The van der Waals surface area contributed by atoms with Crippen molar-refractivity contribution < 1.29 is 9.59 Å². The number of aromatic nitrogens is 1. The molecule has 8 heteroatoms. The van der Waals surface area contributed by atoms with Crippen LogP contribution in [0.3, 0.4) is 0 Å². The summed E-state index contributed by atoms with van der Waals surface area (Å²) in [5.74, 6) is -0.394. The Morgan fingerprint density at radius 3 is 2.83 bits per heavy atom. The van der Waals surface area contributed by atoms with Crippen LogP contribution in [0.4, 0.5) is 0 Å². The number of likely N-dealkylation sites (tertiary alicyclic amines) is 1. The number of nitrogens with one attached hydrogen (secondary N) is 1. The molecule has 1 aliphatic heterocycles. The first kappa shape index (κ1) is 22.2. The van der Waals surface area contributed by atoms with Crippen LogP contribution >= 0.6 is 11.6 Å². The molecule has 0 radical (unpaired) electrons. The maximum Gasteiger partial charge on any atom is 0.243 e. The number of halogens is 1. The smallest absolute Gasteiger partial charge is 0.243 e. The topological polar surface area (TPSA) is 114 Å². The summed E-state index contributed by atoms with van der Waals surface area (Å²) in [5.41, 5.74) is 14.6. The molecule has 0 spiro atoms. The van der Waals surface area contributed by atoms with Gasteiger partial charge in [0.2, 0.25) is 11.8 Å². The first-order valence-corrected chi connectivity index (χ1v) is 10.6. The van der Waals surface area contributed by atoms with Crippen molar-refractivity contribution in [2.75, 3.05) is 13.1 Å². The monoisotopic (exact) mass is 429 g/mol. The van der Waals surface area contributed by atoms with Gasteiger partial charge in [0, 0.05) is 36.4 Å². The summed E-state index contributed by atoms with van der Waals surface area (Å²) in [6, 6.07) is 9.87. The van der Waals surface area contributed by atoms with E-state index in [-0.39, 0.29) is 11.8 Å². The Bertz CT molecular complexity index is 877. The zero-order chi connectivity index (χ0) is 21.5. The van der Waals surface area contributed by atoms with E-state index in [0.717, 1.165) is 23.2 Å². The molecule has 7 nitrogen and oxygen atoms in total. The fourth-order valence-electron chi connectivity index (χ4n) is 3.81.